The Morgan fingerprint density at radius 1 is 0.864 bits per heavy atom. The van der Waals surface area contributed by atoms with Crippen molar-refractivity contribution in [2.75, 3.05) is 6.54 Å². The molecule has 0 atom stereocenters. The lowest BCUT2D eigenvalue weighted by Gasteiger charge is -2.07. The highest BCUT2D eigenvalue weighted by Crippen LogP contribution is 2.10. The van der Waals surface area contributed by atoms with Crippen molar-refractivity contribution in [3.05, 3.63) is 70.7 Å². The van der Waals surface area contributed by atoms with Gasteiger partial charge >= 0.3 is 11.8 Å². The van der Waals surface area contributed by atoms with E-state index < -0.39 is 11.8 Å². The Morgan fingerprint density at radius 2 is 1.55 bits per heavy atom. The first-order chi connectivity index (χ1) is 10.6. The van der Waals surface area contributed by atoms with Crippen molar-refractivity contribution < 1.29 is 9.59 Å². The molecule has 22 heavy (non-hydrogen) atoms. The fourth-order valence-corrected chi connectivity index (χ4v) is 2.17. The summed E-state index contributed by atoms with van der Waals surface area (Å²) in [7, 11) is 0. The lowest BCUT2D eigenvalue weighted by molar-refractivity contribution is -0.139. The van der Waals surface area contributed by atoms with Gasteiger partial charge in [0.1, 0.15) is 0 Å². The fraction of sp³-hybridized carbons (Fsp3) is 0.176. The highest BCUT2D eigenvalue weighted by molar-refractivity contribution is 6.35. The van der Waals surface area contributed by atoms with Crippen molar-refractivity contribution in [1.82, 2.24) is 10.6 Å². The molecule has 114 valence electrons. The van der Waals surface area contributed by atoms with Gasteiger partial charge in [-0.15, -0.1) is 0 Å². The largest absolute Gasteiger partial charge is 0.348 e. The van der Waals surface area contributed by atoms with Crippen LogP contribution in [-0.2, 0) is 22.6 Å². The van der Waals surface area contributed by atoms with Crippen LogP contribution < -0.4 is 10.6 Å². The van der Waals surface area contributed by atoms with Gasteiger partial charge in [0, 0.05) is 18.1 Å². The van der Waals surface area contributed by atoms with Crippen molar-refractivity contribution in [3.63, 3.8) is 0 Å². The van der Waals surface area contributed by atoms with E-state index in [1.807, 2.05) is 36.4 Å². The summed E-state index contributed by atoms with van der Waals surface area (Å²) in [6.45, 7) is 0.693. The predicted molar refractivity (Wildman–Crippen MR) is 86.5 cm³/mol. The molecule has 0 spiro atoms. The molecule has 0 aliphatic carbocycles. The van der Waals surface area contributed by atoms with Gasteiger partial charge in [0.2, 0.25) is 0 Å². The first kappa shape index (κ1) is 16.0. The number of hydrogen-bond donors (Lipinski definition) is 2. The number of nitrogens with one attached hydrogen (secondary N) is 2. The molecule has 0 saturated heterocycles. The van der Waals surface area contributed by atoms with Crippen LogP contribution in [0.3, 0.4) is 0 Å². The summed E-state index contributed by atoms with van der Waals surface area (Å²) in [6.07, 6.45) is 0.689. The fourth-order valence-electron chi connectivity index (χ4n) is 1.95. The minimum atomic E-state index is -0.645. The Balaban J connectivity index is 1.72. The van der Waals surface area contributed by atoms with Crippen LogP contribution in [0.5, 0.6) is 0 Å². The van der Waals surface area contributed by atoms with Crippen LogP contribution in [0.25, 0.3) is 0 Å². The van der Waals surface area contributed by atoms with Crippen molar-refractivity contribution in [2.45, 2.75) is 13.0 Å². The smallest absolute Gasteiger partial charge is 0.309 e. The van der Waals surface area contributed by atoms with E-state index in [-0.39, 0.29) is 6.54 Å². The normalized spacial score (nSPS) is 10.0. The first-order valence-electron chi connectivity index (χ1n) is 6.99. The van der Waals surface area contributed by atoms with E-state index in [2.05, 4.69) is 10.6 Å². The molecule has 0 heterocycles. The third-order valence-corrected chi connectivity index (χ3v) is 3.33. The van der Waals surface area contributed by atoms with Crippen molar-refractivity contribution in [3.8, 4) is 0 Å². The van der Waals surface area contributed by atoms with Crippen LogP contribution in [0.2, 0.25) is 5.02 Å². The molecule has 2 N–H and O–H groups in total. The van der Waals surface area contributed by atoms with Crippen LogP contribution in [0.15, 0.2) is 54.6 Å². The Hall–Kier alpha value is -2.33. The number of carbonyl (C=O) groups excluding carboxylic acids is 2. The lowest BCUT2D eigenvalue weighted by atomic mass is 10.1. The van der Waals surface area contributed by atoms with Crippen LogP contribution >= 0.6 is 11.6 Å². The SMILES string of the molecule is O=C(NCCc1ccccc1)C(=O)NCc1cccc(Cl)c1. The maximum atomic E-state index is 11.7. The van der Waals surface area contributed by atoms with E-state index in [9.17, 15) is 9.59 Å². The zero-order valence-corrected chi connectivity index (χ0v) is 12.8. The molecule has 0 aliphatic heterocycles. The third kappa shape index (κ3) is 5.22. The maximum Gasteiger partial charge on any atom is 0.309 e. The molecular formula is C17H17ClN2O2. The quantitative estimate of drug-likeness (QED) is 0.832. The Morgan fingerprint density at radius 3 is 2.27 bits per heavy atom. The summed E-state index contributed by atoms with van der Waals surface area (Å²) in [5.74, 6) is -1.27. The molecule has 2 amide bonds. The van der Waals surface area contributed by atoms with Crippen molar-refractivity contribution in [1.29, 1.82) is 0 Å². The van der Waals surface area contributed by atoms with Crippen LogP contribution in [-0.4, -0.2) is 18.4 Å². The number of hydrogen-bond acceptors (Lipinski definition) is 2. The van der Waals surface area contributed by atoms with Gasteiger partial charge in [0.25, 0.3) is 0 Å². The van der Waals surface area contributed by atoms with E-state index >= 15 is 0 Å². The van der Waals surface area contributed by atoms with Crippen molar-refractivity contribution in [2.24, 2.45) is 0 Å². The average Bonchev–Trinajstić information content (AvgIpc) is 2.53. The molecule has 2 aromatic carbocycles. The Labute approximate surface area is 134 Å². The summed E-state index contributed by atoms with van der Waals surface area (Å²) in [5, 5.41) is 5.76. The molecule has 4 nitrogen and oxygen atoms in total. The van der Waals surface area contributed by atoms with E-state index in [4.69, 9.17) is 11.6 Å². The molecule has 0 aromatic heterocycles. The Kier molecular flexibility index (Phi) is 5.98. The summed E-state index contributed by atoms with van der Waals surface area (Å²) >= 11 is 5.86. The number of halogens is 1. The highest BCUT2D eigenvalue weighted by atomic mass is 35.5. The minimum Gasteiger partial charge on any atom is -0.348 e. The van der Waals surface area contributed by atoms with E-state index in [1.54, 1.807) is 18.2 Å². The van der Waals surface area contributed by atoms with Gasteiger partial charge in [-0.25, -0.2) is 0 Å². The number of carbonyl (C=O) groups is 2. The molecule has 0 unspecified atom stereocenters. The molecule has 0 aliphatic rings. The molecule has 0 saturated carbocycles. The van der Waals surface area contributed by atoms with Gasteiger partial charge in [-0.2, -0.15) is 0 Å². The van der Waals surface area contributed by atoms with Gasteiger partial charge in [-0.05, 0) is 29.7 Å². The van der Waals surface area contributed by atoms with Gasteiger partial charge in [0.15, 0.2) is 0 Å². The summed E-state index contributed by atoms with van der Waals surface area (Å²) in [6, 6.07) is 16.9. The molecule has 0 radical (unpaired) electrons. The molecule has 0 fully saturated rings. The highest BCUT2D eigenvalue weighted by Gasteiger charge is 2.12. The average molecular weight is 317 g/mol. The topological polar surface area (TPSA) is 58.2 Å². The molecule has 0 bridgehead atoms. The summed E-state index contributed by atoms with van der Waals surface area (Å²) < 4.78 is 0. The monoisotopic (exact) mass is 316 g/mol. The minimum absolute atomic E-state index is 0.269. The number of benzene rings is 2. The van der Waals surface area contributed by atoms with E-state index in [0.717, 1.165) is 11.1 Å². The molecule has 2 aromatic rings. The van der Waals surface area contributed by atoms with E-state index in [0.29, 0.717) is 18.0 Å². The zero-order valence-electron chi connectivity index (χ0n) is 12.0. The second-order valence-electron chi connectivity index (χ2n) is 4.80. The van der Waals surface area contributed by atoms with Crippen LogP contribution in [0.4, 0.5) is 0 Å². The third-order valence-electron chi connectivity index (χ3n) is 3.09. The maximum absolute atomic E-state index is 11.7. The van der Waals surface area contributed by atoms with Crippen LogP contribution in [0, 0.1) is 0 Å². The number of rotatable bonds is 5. The van der Waals surface area contributed by atoms with E-state index in [1.165, 1.54) is 0 Å². The van der Waals surface area contributed by atoms with Gasteiger partial charge in [-0.1, -0.05) is 54.1 Å². The second kappa shape index (κ2) is 8.20. The second-order valence-corrected chi connectivity index (χ2v) is 5.24. The Bertz CT molecular complexity index is 644. The van der Waals surface area contributed by atoms with Gasteiger partial charge < -0.3 is 10.6 Å². The molecule has 5 heteroatoms. The van der Waals surface area contributed by atoms with Gasteiger partial charge in [-0.3, -0.25) is 9.59 Å². The first-order valence-corrected chi connectivity index (χ1v) is 7.37. The van der Waals surface area contributed by atoms with Crippen LogP contribution in [0.1, 0.15) is 11.1 Å². The zero-order chi connectivity index (χ0) is 15.8. The standard InChI is InChI=1S/C17H17ClN2O2/c18-15-8-4-7-14(11-15)12-20-17(22)16(21)19-10-9-13-5-2-1-3-6-13/h1-8,11H,9-10,12H2,(H,19,21)(H,20,22). The number of amides is 2. The molecular weight excluding hydrogens is 300 g/mol. The van der Waals surface area contributed by atoms with Gasteiger partial charge in [0.05, 0.1) is 0 Å². The van der Waals surface area contributed by atoms with Crippen molar-refractivity contribution >= 4 is 23.4 Å². The summed E-state index contributed by atoms with van der Waals surface area (Å²) in [4.78, 5) is 23.4. The summed E-state index contributed by atoms with van der Waals surface area (Å²) in [5.41, 5.74) is 1.96. The lowest BCUT2D eigenvalue weighted by Crippen LogP contribution is -2.40. The molecule has 2 rings (SSSR count). The predicted octanol–water partition coefficient (Wildman–Crippen LogP) is 2.32.